The monoisotopic (exact) mass is 383 g/mol. The third kappa shape index (κ3) is 3.27. The number of phenolic OH excluding ortho intramolecular Hbond substituents is 2. The summed E-state index contributed by atoms with van der Waals surface area (Å²) in [5.74, 6) is -0.428. The van der Waals surface area contributed by atoms with Gasteiger partial charge in [0, 0.05) is 32.7 Å². The first-order valence-electron chi connectivity index (χ1n) is 9.54. The molecule has 1 aliphatic heterocycles. The van der Waals surface area contributed by atoms with Gasteiger partial charge in [0.2, 0.25) is 0 Å². The quantitative estimate of drug-likeness (QED) is 0.601. The number of rotatable bonds is 4. The average Bonchev–Trinajstić information content (AvgIpc) is 2.95. The Balaban J connectivity index is 1.45. The number of hydrogen-bond acceptors (Lipinski definition) is 5. The number of aliphatic hydroxyl groups is 1. The molecular formula is C21H25N3O4. The zero-order chi connectivity index (χ0) is 19.8. The maximum Gasteiger partial charge on any atom is 0.329 e. The average molecular weight is 383 g/mol. The Morgan fingerprint density at radius 1 is 1.04 bits per heavy atom. The molecule has 1 unspecified atom stereocenters. The molecule has 1 fully saturated rings. The lowest BCUT2D eigenvalue weighted by Crippen LogP contribution is -2.39. The van der Waals surface area contributed by atoms with Crippen molar-refractivity contribution in [2.75, 3.05) is 19.6 Å². The zero-order valence-electron chi connectivity index (χ0n) is 15.8. The van der Waals surface area contributed by atoms with Gasteiger partial charge in [0.1, 0.15) is 0 Å². The number of hydrogen-bond donors (Lipinski definition) is 3. The molecule has 1 aliphatic rings. The van der Waals surface area contributed by atoms with Crippen LogP contribution in [-0.4, -0.2) is 49.0 Å². The summed E-state index contributed by atoms with van der Waals surface area (Å²) in [5, 5.41) is 29.5. The van der Waals surface area contributed by atoms with E-state index in [1.54, 1.807) is 17.7 Å². The van der Waals surface area contributed by atoms with E-state index < -0.39 is 6.10 Å². The van der Waals surface area contributed by atoms with E-state index in [4.69, 9.17) is 0 Å². The van der Waals surface area contributed by atoms with Crippen LogP contribution in [0.2, 0.25) is 0 Å². The van der Waals surface area contributed by atoms with Gasteiger partial charge in [-0.1, -0.05) is 18.2 Å². The zero-order valence-corrected chi connectivity index (χ0v) is 15.8. The highest BCUT2D eigenvalue weighted by atomic mass is 16.3. The van der Waals surface area contributed by atoms with Gasteiger partial charge < -0.3 is 20.2 Å². The van der Waals surface area contributed by atoms with Gasteiger partial charge in [-0.15, -0.1) is 0 Å². The number of β-amino-alcohol motifs (C(OH)–C–C–N with tert-alkyl or cyclic N) is 1. The third-order valence-electron chi connectivity index (χ3n) is 5.73. The summed E-state index contributed by atoms with van der Waals surface area (Å²) in [6.07, 6.45) is 0.923. The second kappa shape index (κ2) is 7.33. The first kappa shape index (κ1) is 18.6. The molecule has 0 spiro atoms. The number of aromatic hydroxyl groups is 2. The largest absolute Gasteiger partial charge is 0.504 e. The molecule has 0 bridgehead atoms. The van der Waals surface area contributed by atoms with Gasteiger partial charge in [-0.25, -0.2) is 4.79 Å². The summed E-state index contributed by atoms with van der Waals surface area (Å²) < 4.78 is 3.60. The fourth-order valence-corrected chi connectivity index (χ4v) is 4.13. The molecule has 0 amide bonds. The van der Waals surface area contributed by atoms with Gasteiger partial charge in [-0.3, -0.25) is 9.13 Å². The summed E-state index contributed by atoms with van der Waals surface area (Å²) >= 11 is 0. The highest BCUT2D eigenvalue weighted by Crippen LogP contribution is 2.30. The smallest absolute Gasteiger partial charge is 0.329 e. The maximum atomic E-state index is 12.7. The van der Waals surface area contributed by atoms with Crippen molar-refractivity contribution < 1.29 is 15.3 Å². The highest BCUT2D eigenvalue weighted by Gasteiger charge is 2.26. The van der Waals surface area contributed by atoms with Gasteiger partial charge in [0.25, 0.3) is 0 Å². The van der Waals surface area contributed by atoms with E-state index in [0.717, 1.165) is 37.0 Å². The van der Waals surface area contributed by atoms with Crippen LogP contribution in [0.15, 0.2) is 47.3 Å². The first-order chi connectivity index (χ1) is 13.5. The molecule has 1 atom stereocenters. The van der Waals surface area contributed by atoms with Crippen molar-refractivity contribution in [1.29, 1.82) is 0 Å². The minimum atomic E-state index is -0.747. The predicted molar refractivity (Wildman–Crippen MR) is 107 cm³/mol. The lowest BCUT2D eigenvalue weighted by molar-refractivity contribution is 0.0904. The van der Waals surface area contributed by atoms with Crippen molar-refractivity contribution >= 4 is 11.0 Å². The van der Waals surface area contributed by atoms with Crippen LogP contribution < -0.4 is 5.69 Å². The van der Waals surface area contributed by atoms with Crippen LogP contribution in [0.4, 0.5) is 0 Å². The molecule has 1 saturated heterocycles. The molecule has 4 rings (SSSR count). The summed E-state index contributed by atoms with van der Waals surface area (Å²) in [5.41, 5.74) is 2.49. The van der Waals surface area contributed by atoms with E-state index in [-0.39, 0.29) is 23.2 Å². The second-order valence-electron chi connectivity index (χ2n) is 7.50. The third-order valence-corrected chi connectivity index (χ3v) is 5.73. The molecule has 2 heterocycles. The summed E-state index contributed by atoms with van der Waals surface area (Å²) in [6.45, 7) is 2.00. The predicted octanol–water partition coefficient (Wildman–Crippen LogP) is 2.12. The number of benzene rings is 2. The van der Waals surface area contributed by atoms with E-state index in [9.17, 15) is 20.1 Å². The Bertz CT molecular complexity index is 1050. The number of piperidine rings is 1. The molecule has 0 saturated carbocycles. The Hall–Kier alpha value is -2.77. The van der Waals surface area contributed by atoms with Crippen LogP contribution >= 0.6 is 0 Å². The number of aryl methyl sites for hydroxylation is 1. The van der Waals surface area contributed by atoms with Crippen LogP contribution in [0, 0.1) is 0 Å². The molecule has 3 N–H and O–H groups in total. The topological polar surface area (TPSA) is 90.9 Å². The van der Waals surface area contributed by atoms with Crippen LogP contribution in [0.1, 0.15) is 30.6 Å². The molecule has 7 nitrogen and oxygen atoms in total. The Labute approximate surface area is 162 Å². The Morgan fingerprint density at radius 2 is 1.71 bits per heavy atom. The minimum Gasteiger partial charge on any atom is -0.504 e. The number of para-hydroxylation sites is 2. The molecule has 0 aliphatic carbocycles. The summed E-state index contributed by atoms with van der Waals surface area (Å²) in [7, 11) is 1.81. The van der Waals surface area contributed by atoms with E-state index >= 15 is 0 Å². The Morgan fingerprint density at radius 3 is 2.39 bits per heavy atom. The minimum absolute atomic E-state index is 0.0132. The van der Waals surface area contributed by atoms with Crippen molar-refractivity contribution in [1.82, 2.24) is 14.0 Å². The lowest BCUT2D eigenvalue weighted by atomic mass is 10.0. The molecule has 3 aromatic rings. The maximum absolute atomic E-state index is 12.7. The fourth-order valence-electron chi connectivity index (χ4n) is 4.13. The van der Waals surface area contributed by atoms with Crippen LogP contribution in [-0.2, 0) is 7.05 Å². The molecule has 1 aromatic heterocycles. The van der Waals surface area contributed by atoms with Gasteiger partial charge in [0.15, 0.2) is 11.5 Å². The van der Waals surface area contributed by atoms with Crippen molar-refractivity contribution in [2.24, 2.45) is 7.05 Å². The number of imidazole rings is 1. The normalized spacial score (nSPS) is 17.2. The van der Waals surface area contributed by atoms with E-state index in [1.807, 2.05) is 28.8 Å². The number of aromatic nitrogens is 2. The van der Waals surface area contributed by atoms with Crippen molar-refractivity contribution in [3.8, 4) is 11.5 Å². The summed E-state index contributed by atoms with van der Waals surface area (Å²) in [4.78, 5) is 14.9. The van der Waals surface area contributed by atoms with E-state index in [2.05, 4.69) is 4.90 Å². The van der Waals surface area contributed by atoms with Gasteiger partial charge in [0.05, 0.1) is 17.1 Å². The molecule has 148 valence electrons. The van der Waals surface area contributed by atoms with Crippen LogP contribution in [0.5, 0.6) is 11.5 Å². The lowest BCUT2D eigenvalue weighted by Gasteiger charge is -2.33. The molecule has 28 heavy (non-hydrogen) atoms. The number of likely N-dealkylation sites (tertiary alicyclic amines) is 1. The molecule has 0 radical (unpaired) electrons. The second-order valence-corrected chi connectivity index (χ2v) is 7.50. The Kier molecular flexibility index (Phi) is 4.87. The summed E-state index contributed by atoms with van der Waals surface area (Å²) in [6, 6.07) is 12.4. The SMILES string of the molecule is Cn1c(=O)n(C2CCN(CC(O)c3ccc(O)c(O)c3)CC2)c2ccccc21. The highest BCUT2D eigenvalue weighted by molar-refractivity contribution is 5.76. The van der Waals surface area contributed by atoms with Crippen molar-refractivity contribution in [3.05, 3.63) is 58.5 Å². The molecular weight excluding hydrogens is 358 g/mol. The number of aliphatic hydroxyl groups excluding tert-OH is 1. The van der Waals surface area contributed by atoms with E-state index in [0.29, 0.717) is 12.1 Å². The van der Waals surface area contributed by atoms with Crippen LogP contribution in [0.25, 0.3) is 11.0 Å². The van der Waals surface area contributed by atoms with Crippen LogP contribution in [0.3, 0.4) is 0 Å². The van der Waals surface area contributed by atoms with Gasteiger partial charge >= 0.3 is 5.69 Å². The number of phenols is 2. The van der Waals surface area contributed by atoms with Gasteiger partial charge in [-0.05, 0) is 42.7 Å². The first-order valence-corrected chi connectivity index (χ1v) is 9.54. The standard InChI is InChI=1S/C21H25N3O4/c1-22-16-4-2-3-5-17(16)24(21(22)28)15-8-10-23(11-9-15)13-20(27)14-6-7-18(25)19(26)12-14/h2-7,12,15,20,25-27H,8-11,13H2,1H3. The molecule has 7 heteroatoms. The van der Waals surface area contributed by atoms with Gasteiger partial charge in [-0.2, -0.15) is 0 Å². The molecule has 2 aromatic carbocycles. The fraction of sp³-hybridized carbons (Fsp3) is 0.381. The number of nitrogens with zero attached hydrogens (tertiary/aromatic N) is 3. The number of fused-ring (bicyclic) bond motifs is 1. The van der Waals surface area contributed by atoms with Crippen molar-refractivity contribution in [3.63, 3.8) is 0 Å². The van der Waals surface area contributed by atoms with E-state index in [1.165, 1.54) is 12.1 Å². The van der Waals surface area contributed by atoms with Crippen molar-refractivity contribution in [2.45, 2.75) is 25.0 Å².